The second-order valence-corrected chi connectivity index (χ2v) is 6.64. The maximum atomic E-state index is 5.88. The molecule has 0 N–H and O–H groups in total. The third-order valence-corrected chi connectivity index (χ3v) is 3.90. The third kappa shape index (κ3) is 2.85. The van der Waals surface area contributed by atoms with Crippen molar-refractivity contribution in [3.05, 3.63) is 65.0 Å². The van der Waals surface area contributed by atoms with Crippen LogP contribution in [0.1, 0.15) is 43.4 Å². The summed E-state index contributed by atoms with van der Waals surface area (Å²) in [7, 11) is 0. The van der Waals surface area contributed by atoms with Gasteiger partial charge in [0.05, 0.1) is 0 Å². The average Bonchev–Trinajstić information content (AvgIpc) is 2.81. The molecule has 0 bridgehead atoms. The summed E-state index contributed by atoms with van der Waals surface area (Å²) in [6.45, 7) is 8.75. The maximum absolute atomic E-state index is 5.88. The van der Waals surface area contributed by atoms with Crippen LogP contribution in [0, 0.1) is 6.92 Å². The molecular weight excluding hydrogens is 258 g/mol. The van der Waals surface area contributed by atoms with Gasteiger partial charge in [-0.25, -0.2) is 4.98 Å². The van der Waals surface area contributed by atoms with Gasteiger partial charge in [0.25, 0.3) is 0 Å². The van der Waals surface area contributed by atoms with Crippen LogP contribution < -0.4 is 0 Å². The van der Waals surface area contributed by atoms with Gasteiger partial charge in [-0.15, -0.1) is 0 Å². The normalized spacial score (nSPS) is 12.0. The van der Waals surface area contributed by atoms with Gasteiger partial charge in [0, 0.05) is 6.42 Å². The Hall–Kier alpha value is -2.09. The van der Waals surface area contributed by atoms with E-state index in [0.29, 0.717) is 0 Å². The molecule has 0 radical (unpaired) electrons. The Kier molecular flexibility index (Phi) is 3.32. The van der Waals surface area contributed by atoms with Crippen LogP contribution in [-0.2, 0) is 11.8 Å². The Morgan fingerprint density at radius 3 is 2.52 bits per heavy atom. The molecule has 3 aromatic rings. The van der Waals surface area contributed by atoms with Crippen molar-refractivity contribution in [2.24, 2.45) is 0 Å². The molecule has 0 fully saturated rings. The summed E-state index contributed by atoms with van der Waals surface area (Å²) in [5, 5.41) is 0. The summed E-state index contributed by atoms with van der Waals surface area (Å²) in [6, 6.07) is 14.7. The molecule has 0 aliphatic heterocycles. The molecule has 3 rings (SSSR count). The van der Waals surface area contributed by atoms with E-state index in [4.69, 9.17) is 4.42 Å². The van der Waals surface area contributed by atoms with Crippen LogP contribution in [0.25, 0.3) is 11.1 Å². The highest BCUT2D eigenvalue weighted by atomic mass is 16.3. The van der Waals surface area contributed by atoms with E-state index in [1.165, 1.54) is 16.7 Å². The molecular formula is C19H21NO. The zero-order chi connectivity index (χ0) is 15.0. The summed E-state index contributed by atoms with van der Waals surface area (Å²) in [5.74, 6) is 0.783. The third-order valence-electron chi connectivity index (χ3n) is 3.90. The lowest BCUT2D eigenvalue weighted by Crippen LogP contribution is -2.10. The number of aryl methyl sites for hydroxylation is 1. The lowest BCUT2D eigenvalue weighted by Gasteiger charge is -2.18. The number of nitrogens with zero attached hydrogens (tertiary/aromatic N) is 1. The minimum Gasteiger partial charge on any atom is -0.440 e. The van der Waals surface area contributed by atoms with Crippen molar-refractivity contribution in [2.45, 2.75) is 39.5 Å². The highest BCUT2D eigenvalue weighted by Gasteiger charge is 2.16. The predicted molar refractivity (Wildman–Crippen MR) is 86.7 cm³/mol. The van der Waals surface area contributed by atoms with Crippen LogP contribution >= 0.6 is 0 Å². The van der Waals surface area contributed by atoms with Crippen molar-refractivity contribution in [3.63, 3.8) is 0 Å². The number of aromatic nitrogens is 1. The summed E-state index contributed by atoms with van der Waals surface area (Å²) >= 11 is 0. The van der Waals surface area contributed by atoms with Crippen molar-refractivity contribution in [3.8, 4) is 0 Å². The molecule has 1 heterocycles. The molecule has 2 nitrogen and oxygen atoms in total. The fourth-order valence-corrected chi connectivity index (χ4v) is 2.49. The Labute approximate surface area is 125 Å². The van der Waals surface area contributed by atoms with E-state index in [9.17, 15) is 0 Å². The summed E-state index contributed by atoms with van der Waals surface area (Å²) < 4.78 is 5.88. The van der Waals surface area contributed by atoms with Crippen molar-refractivity contribution < 1.29 is 4.42 Å². The lowest BCUT2D eigenvalue weighted by molar-refractivity contribution is 0.543. The Morgan fingerprint density at radius 1 is 1.05 bits per heavy atom. The standard InChI is InChI=1S/C19H21NO/c1-13-7-5-6-8-14(13)11-18-20-16-12-15(19(2,3)4)9-10-17(16)21-18/h5-10,12H,11H2,1-4H3. The molecule has 0 amide bonds. The Bertz CT molecular complexity index is 778. The van der Waals surface area contributed by atoms with Crippen molar-refractivity contribution in [2.75, 3.05) is 0 Å². The summed E-state index contributed by atoms with van der Waals surface area (Å²) in [5.41, 5.74) is 5.77. The molecule has 0 atom stereocenters. The molecule has 0 aliphatic rings. The van der Waals surface area contributed by atoms with E-state index in [1.807, 2.05) is 6.07 Å². The number of oxazole rings is 1. The maximum Gasteiger partial charge on any atom is 0.199 e. The van der Waals surface area contributed by atoms with Crippen LogP contribution in [-0.4, -0.2) is 4.98 Å². The van der Waals surface area contributed by atoms with E-state index >= 15 is 0 Å². The van der Waals surface area contributed by atoms with Crippen LogP contribution in [0.5, 0.6) is 0 Å². The SMILES string of the molecule is Cc1ccccc1Cc1nc2cc(C(C)(C)C)ccc2o1. The zero-order valence-electron chi connectivity index (χ0n) is 13.1. The number of hydrogen-bond donors (Lipinski definition) is 0. The molecule has 0 saturated carbocycles. The van der Waals surface area contributed by atoms with E-state index in [1.54, 1.807) is 0 Å². The van der Waals surface area contributed by atoms with Crippen LogP contribution in [0.4, 0.5) is 0 Å². The molecule has 0 unspecified atom stereocenters. The summed E-state index contributed by atoms with van der Waals surface area (Å²) in [6.07, 6.45) is 0.742. The molecule has 0 aliphatic carbocycles. The van der Waals surface area contributed by atoms with Gasteiger partial charge in [0.15, 0.2) is 11.5 Å². The fraction of sp³-hybridized carbons (Fsp3) is 0.316. The molecule has 2 heteroatoms. The minimum absolute atomic E-state index is 0.128. The Balaban J connectivity index is 1.96. The molecule has 1 aromatic heterocycles. The first-order valence-electron chi connectivity index (χ1n) is 7.38. The predicted octanol–water partition coefficient (Wildman–Crippen LogP) is 5.02. The second-order valence-electron chi connectivity index (χ2n) is 6.64. The van der Waals surface area contributed by atoms with Gasteiger partial charge in [0.1, 0.15) is 5.52 Å². The first-order chi connectivity index (χ1) is 9.93. The van der Waals surface area contributed by atoms with Crippen LogP contribution in [0.15, 0.2) is 46.9 Å². The molecule has 0 spiro atoms. The number of benzene rings is 2. The number of fused-ring (bicyclic) bond motifs is 1. The van der Waals surface area contributed by atoms with Crippen molar-refractivity contribution in [1.29, 1.82) is 0 Å². The summed E-state index contributed by atoms with van der Waals surface area (Å²) in [4.78, 5) is 4.66. The first kappa shape index (κ1) is 13.9. The highest BCUT2D eigenvalue weighted by molar-refractivity contribution is 5.73. The van der Waals surface area contributed by atoms with Gasteiger partial charge in [-0.2, -0.15) is 0 Å². The zero-order valence-corrected chi connectivity index (χ0v) is 13.1. The van der Waals surface area contributed by atoms with Gasteiger partial charge in [-0.1, -0.05) is 51.1 Å². The monoisotopic (exact) mass is 279 g/mol. The van der Waals surface area contributed by atoms with Crippen LogP contribution in [0.3, 0.4) is 0 Å². The number of rotatable bonds is 2. The largest absolute Gasteiger partial charge is 0.440 e. The molecule has 0 saturated heterocycles. The van der Waals surface area contributed by atoms with E-state index in [0.717, 1.165) is 23.4 Å². The molecule has 108 valence electrons. The fourth-order valence-electron chi connectivity index (χ4n) is 2.49. The van der Waals surface area contributed by atoms with Gasteiger partial charge in [-0.05, 0) is 41.2 Å². The highest BCUT2D eigenvalue weighted by Crippen LogP contribution is 2.27. The Morgan fingerprint density at radius 2 is 1.81 bits per heavy atom. The van der Waals surface area contributed by atoms with Gasteiger partial charge in [-0.3, -0.25) is 0 Å². The van der Waals surface area contributed by atoms with Gasteiger partial charge in [0.2, 0.25) is 0 Å². The smallest absolute Gasteiger partial charge is 0.199 e. The second kappa shape index (κ2) is 5.03. The quantitative estimate of drug-likeness (QED) is 0.658. The van der Waals surface area contributed by atoms with Crippen molar-refractivity contribution in [1.82, 2.24) is 4.98 Å². The molecule has 21 heavy (non-hydrogen) atoms. The van der Waals surface area contributed by atoms with E-state index < -0.39 is 0 Å². The van der Waals surface area contributed by atoms with Gasteiger partial charge >= 0.3 is 0 Å². The minimum atomic E-state index is 0.128. The van der Waals surface area contributed by atoms with Gasteiger partial charge < -0.3 is 4.42 Å². The number of hydrogen-bond acceptors (Lipinski definition) is 2. The lowest BCUT2D eigenvalue weighted by atomic mass is 9.87. The topological polar surface area (TPSA) is 26.0 Å². The average molecular weight is 279 g/mol. The van der Waals surface area contributed by atoms with E-state index in [-0.39, 0.29) is 5.41 Å². The van der Waals surface area contributed by atoms with Crippen LogP contribution in [0.2, 0.25) is 0 Å². The van der Waals surface area contributed by atoms with Crippen molar-refractivity contribution >= 4 is 11.1 Å². The first-order valence-corrected chi connectivity index (χ1v) is 7.38. The van der Waals surface area contributed by atoms with E-state index in [2.05, 4.69) is 69.1 Å². The molecule has 2 aromatic carbocycles.